The van der Waals surface area contributed by atoms with Crippen LogP contribution in [-0.4, -0.2) is 21.3 Å². The van der Waals surface area contributed by atoms with Crippen molar-refractivity contribution in [3.63, 3.8) is 0 Å². The summed E-state index contributed by atoms with van der Waals surface area (Å²) in [7, 11) is 0. The van der Waals surface area contributed by atoms with E-state index in [0.717, 1.165) is 9.13 Å². The van der Waals surface area contributed by atoms with Gasteiger partial charge < -0.3 is 5.11 Å². The van der Waals surface area contributed by atoms with Crippen LogP contribution in [0.1, 0.15) is 23.4 Å². The molecule has 1 N–H and O–H groups in total. The van der Waals surface area contributed by atoms with Crippen molar-refractivity contribution in [1.82, 2.24) is 9.55 Å². The van der Waals surface area contributed by atoms with Crippen LogP contribution < -0.4 is 5.56 Å². The maximum Gasteiger partial charge on any atom is 0.261 e. The first kappa shape index (κ1) is 17.8. The summed E-state index contributed by atoms with van der Waals surface area (Å²) in [4.78, 5) is 17.5. The number of aliphatic hydroxyl groups excluding tert-OH is 1. The highest BCUT2D eigenvalue weighted by Crippen LogP contribution is 2.15. The van der Waals surface area contributed by atoms with Crippen LogP contribution in [0.4, 0.5) is 0 Å². The minimum Gasteiger partial charge on any atom is -0.396 e. The Morgan fingerprint density at radius 3 is 2.80 bits per heavy atom. The topological polar surface area (TPSA) is 55.1 Å². The number of halogens is 1. The van der Waals surface area contributed by atoms with Gasteiger partial charge in [-0.1, -0.05) is 35.9 Å². The van der Waals surface area contributed by atoms with Gasteiger partial charge in [0.2, 0.25) is 0 Å². The lowest BCUT2D eigenvalue weighted by Crippen LogP contribution is -2.24. The third-order valence-electron chi connectivity index (χ3n) is 3.95. The van der Waals surface area contributed by atoms with E-state index in [9.17, 15) is 4.79 Å². The first-order valence-corrected chi connectivity index (χ1v) is 9.22. The second-order valence-electron chi connectivity index (χ2n) is 5.91. The molecule has 0 saturated carbocycles. The summed E-state index contributed by atoms with van der Waals surface area (Å²) in [6, 6.07) is 13.8. The molecule has 0 atom stereocenters. The van der Waals surface area contributed by atoms with E-state index in [2.05, 4.69) is 33.6 Å². The summed E-state index contributed by atoms with van der Waals surface area (Å²) in [6.45, 7) is 2.53. The van der Waals surface area contributed by atoms with E-state index in [0.29, 0.717) is 29.7 Å². The van der Waals surface area contributed by atoms with E-state index >= 15 is 0 Å². The first-order valence-electron chi connectivity index (χ1n) is 8.14. The molecule has 1 heterocycles. The van der Waals surface area contributed by atoms with Crippen molar-refractivity contribution in [1.29, 1.82) is 0 Å². The smallest absolute Gasteiger partial charge is 0.261 e. The normalized spacial score (nSPS) is 11.5. The van der Waals surface area contributed by atoms with Crippen molar-refractivity contribution < 1.29 is 5.11 Å². The molecule has 0 aliphatic carbocycles. The van der Waals surface area contributed by atoms with Crippen molar-refractivity contribution in [3.05, 3.63) is 73.3 Å². The predicted octanol–water partition coefficient (Wildman–Crippen LogP) is 3.86. The highest BCUT2D eigenvalue weighted by molar-refractivity contribution is 14.1. The van der Waals surface area contributed by atoms with E-state index in [-0.39, 0.29) is 12.2 Å². The van der Waals surface area contributed by atoms with Crippen LogP contribution in [0, 0.1) is 10.5 Å². The monoisotopic (exact) mass is 446 g/mol. The minimum atomic E-state index is -0.0686. The molecule has 0 spiro atoms. The molecule has 0 bridgehead atoms. The SMILES string of the molecule is Cc1cccc(C=Cc2nc3ccc(I)cc3c(=O)n2CCCO)c1. The van der Waals surface area contributed by atoms with Crippen molar-refractivity contribution in [2.45, 2.75) is 19.9 Å². The van der Waals surface area contributed by atoms with Gasteiger partial charge in [-0.2, -0.15) is 0 Å². The zero-order valence-corrected chi connectivity index (χ0v) is 16.1. The van der Waals surface area contributed by atoms with Gasteiger partial charge in [-0.15, -0.1) is 0 Å². The minimum absolute atomic E-state index is 0.0395. The third-order valence-corrected chi connectivity index (χ3v) is 4.62. The third kappa shape index (κ3) is 4.16. The number of benzene rings is 2. The molecule has 0 amide bonds. The van der Waals surface area contributed by atoms with Crippen molar-refractivity contribution in [3.8, 4) is 0 Å². The van der Waals surface area contributed by atoms with E-state index in [4.69, 9.17) is 5.11 Å². The molecule has 0 radical (unpaired) electrons. The Hall–Kier alpha value is -1.99. The van der Waals surface area contributed by atoms with Gasteiger partial charge in [0, 0.05) is 16.7 Å². The number of hydrogen-bond acceptors (Lipinski definition) is 3. The average Bonchev–Trinajstić information content (AvgIpc) is 2.60. The fourth-order valence-corrected chi connectivity index (χ4v) is 3.22. The summed E-state index contributed by atoms with van der Waals surface area (Å²) in [5.74, 6) is 0.605. The summed E-state index contributed by atoms with van der Waals surface area (Å²) in [6.07, 6.45) is 4.34. The van der Waals surface area contributed by atoms with Crippen LogP contribution >= 0.6 is 22.6 Å². The standard InChI is InChI=1S/C20H19IN2O2/c1-14-4-2-5-15(12-14)6-9-19-22-18-8-7-16(21)13-17(18)20(25)23(19)10-3-11-24/h2,4-9,12-13,24H,3,10-11H2,1H3. The van der Waals surface area contributed by atoms with E-state index < -0.39 is 0 Å². The van der Waals surface area contributed by atoms with E-state index in [1.54, 1.807) is 4.57 Å². The van der Waals surface area contributed by atoms with Gasteiger partial charge in [0.05, 0.1) is 10.9 Å². The Kier molecular flexibility index (Phi) is 5.65. The molecule has 128 valence electrons. The van der Waals surface area contributed by atoms with Gasteiger partial charge in [-0.05, 0) is 65.8 Å². The summed E-state index contributed by atoms with van der Waals surface area (Å²) in [5, 5.41) is 9.76. The van der Waals surface area contributed by atoms with E-state index in [1.807, 2.05) is 55.5 Å². The van der Waals surface area contributed by atoms with Crippen LogP contribution in [0.5, 0.6) is 0 Å². The molecule has 0 aliphatic heterocycles. The van der Waals surface area contributed by atoms with Gasteiger partial charge in [0.15, 0.2) is 0 Å². The Morgan fingerprint density at radius 2 is 2.04 bits per heavy atom. The van der Waals surface area contributed by atoms with Crippen molar-refractivity contribution in [2.24, 2.45) is 0 Å². The summed E-state index contributed by atoms with van der Waals surface area (Å²) in [5.41, 5.74) is 2.86. The molecule has 5 heteroatoms. The van der Waals surface area contributed by atoms with Crippen LogP contribution in [0.2, 0.25) is 0 Å². The zero-order chi connectivity index (χ0) is 17.8. The van der Waals surface area contributed by atoms with Crippen LogP contribution in [0.15, 0.2) is 47.3 Å². The zero-order valence-electron chi connectivity index (χ0n) is 13.9. The Bertz CT molecular complexity index is 993. The van der Waals surface area contributed by atoms with Crippen LogP contribution in [0.25, 0.3) is 23.1 Å². The second-order valence-corrected chi connectivity index (χ2v) is 7.16. The summed E-state index contributed by atoms with van der Waals surface area (Å²) < 4.78 is 2.64. The van der Waals surface area contributed by atoms with Crippen LogP contribution in [0.3, 0.4) is 0 Å². The van der Waals surface area contributed by atoms with Gasteiger partial charge in [0.25, 0.3) is 5.56 Å². The second kappa shape index (κ2) is 7.93. The van der Waals surface area contributed by atoms with Gasteiger partial charge in [0.1, 0.15) is 5.82 Å². The van der Waals surface area contributed by atoms with Crippen molar-refractivity contribution >= 4 is 45.6 Å². The lowest BCUT2D eigenvalue weighted by molar-refractivity contribution is 0.278. The quantitative estimate of drug-likeness (QED) is 0.606. The number of nitrogens with zero attached hydrogens (tertiary/aromatic N) is 2. The fraction of sp³-hybridized carbons (Fsp3) is 0.200. The molecule has 0 unspecified atom stereocenters. The molecule has 0 saturated heterocycles. The molecule has 0 fully saturated rings. The molecule has 2 aromatic carbocycles. The molecule has 4 nitrogen and oxygen atoms in total. The lowest BCUT2D eigenvalue weighted by atomic mass is 10.1. The van der Waals surface area contributed by atoms with Gasteiger partial charge >= 0.3 is 0 Å². The fourth-order valence-electron chi connectivity index (χ4n) is 2.73. The number of aryl methyl sites for hydroxylation is 1. The highest BCUT2D eigenvalue weighted by atomic mass is 127. The number of hydrogen-bond donors (Lipinski definition) is 1. The molecule has 25 heavy (non-hydrogen) atoms. The van der Waals surface area contributed by atoms with Crippen LogP contribution in [-0.2, 0) is 6.54 Å². The predicted molar refractivity (Wildman–Crippen MR) is 111 cm³/mol. The van der Waals surface area contributed by atoms with Gasteiger partial charge in [-0.25, -0.2) is 4.98 Å². The van der Waals surface area contributed by atoms with Crippen molar-refractivity contribution in [2.75, 3.05) is 6.61 Å². The Labute approximate surface area is 160 Å². The molecule has 3 rings (SSSR count). The number of rotatable bonds is 5. The molecule has 0 aliphatic rings. The maximum atomic E-state index is 12.9. The molecule has 1 aromatic heterocycles. The van der Waals surface area contributed by atoms with E-state index in [1.165, 1.54) is 5.56 Å². The largest absolute Gasteiger partial charge is 0.396 e. The Balaban J connectivity index is 2.11. The molecule has 3 aromatic rings. The number of aromatic nitrogens is 2. The number of aliphatic hydroxyl groups is 1. The number of fused-ring (bicyclic) bond motifs is 1. The van der Waals surface area contributed by atoms with Gasteiger partial charge in [-0.3, -0.25) is 9.36 Å². The Morgan fingerprint density at radius 1 is 1.20 bits per heavy atom. The average molecular weight is 446 g/mol. The maximum absolute atomic E-state index is 12.9. The molecular formula is C20H19IN2O2. The molecular weight excluding hydrogens is 427 g/mol. The highest BCUT2D eigenvalue weighted by Gasteiger charge is 2.09. The summed E-state index contributed by atoms with van der Waals surface area (Å²) >= 11 is 2.19. The first-order chi connectivity index (χ1) is 12.1. The lowest BCUT2D eigenvalue weighted by Gasteiger charge is -2.11.